The number of nitrogens with zero attached hydrogens (tertiary/aromatic N) is 1. The SMILES string of the molecule is Cc1c(CO)n(C)c2c(C)cccc12. The Labute approximate surface area is 83.8 Å². The highest BCUT2D eigenvalue weighted by molar-refractivity contribution is 5.87. The Balaban J connectivity index is 2.94. The van der Waals surface area contributed by atoms with Crippen LogP contribution in [0, 0.1) is 13.8 Å². The van der Waals surface area contributed by atoms with Crippen molar-refractivity contribution in [2.45, 2.75) is 20.5 Å². The highest BCUT2D eigenvalue weighted by Crippen LogP contribution is 2.26. The van der Waals surface area contributed by atoms with Crippen molar-refractivity contribution >= 4 is 10.9 Å². The first kappa shape index (κ1) is 9.28. The Kier molecular flexibility index (Phi) is 2.08. The van der Waals surface area contributed by atoms with Gasteiger partial charge in [-0.3, -0.25) is 0 Å². The first-order valence-electron chi connectivity index (χ1n) is 4.81. The van der Waals surface area contributed by atoms with Crippen LogP contribution < -0.4 is 0 Å². The van der Waals surface area contributed by atoms with E-state index < -0.39 is 0 Å². The van der Waals surface area contributed by atoms with Crippen molar-refractivity contribution in [1.82, 2.24) is 4.57 Å². The van der Waals surface area contributed by atoms with Gasteiger partial charge in [0, 0.05) is 18.1 Å². The van der Waals surface area contributed by atoms with Crippen LogP contribution in [0.25, 0.3) is 10.9 Å². The van der Waals surface area contributed by atoms with Crippen LogP contribution in [0.4, 0.5) is 0 Å². The summed E-state index contributed by atoms with van der Waals surface area (Å²) in [5, 5.41) is 10.5. The number of hydrogen-bond donors (Lipinski definition) is 1. The Morgan fingerprint density at radius 3 is 2.57 bits per heavy atom. The van der Waals surface area contributed by atoms with E-state index in [9.17, 15) is 5.11 Å². The maximum atomic E-state index is 9.27. The highest BCUT2D eigenvalue weighted by Gasteiger charge is 2.11. The molecule has 2 rings (SSSR count). The van der Waals surface area contributed by atoms with E-state index in [1.54, 1.807) is 0 Å². The quantitative estimate of drug-likeness (QED) is 0.731. The zero-order valence-corrected chi connectivity index (χ0v) is 8.83. The van der Waals surface area contributed by atoms with Crippen LogP contribution in [0.1, 0.15) is 16.8 Å². The van der Waals surface area contributed by atoms with Gasteiger partial charge in [-0.2, -0.15) is 0 Å². The van der Waals surface area contributed by atoms with Crippen LogP contribution in [0.5, 0.6) is 0 Å². The molecule has 1 N–H and O–H groups in total. The maximum Gasteiger partial charge on any atom is 0.0835 e. The molecule has 1 aromatic carbocycles. The maximum absolute atomic E-state index is 9.27. The second-order valence-electron chi connectivity index (χ2n) is 3.76. The average molecular weight is 189 g/mol. The number of aliphatic hydroxyl groups excluding tert-OH is 1. The molecule has 0 bridgehead atoms. The lowest BCUT2D eigenvalue weighted by molar-refractivity contribution is 0.272. The van der Waals surface area contributed by atoms with E-state index in [4.69, 9.17) is 0 Å². The second-order valence-corrected chi connectivity index (χ2v) is 3.76. The number of benzene rings is 1. The summed E-state index contributed by atoms with van der Waals surface area (Å²) in [7, 11) is 2.01. The summed E-state index contributed by atoms with van der Waals surface area (Å²) in [5.74, 6) is 0. The number of aliphatic hydroxyl groups is 1. The summed E-state index contributed by atoms with van der Waals surface area (Å²) in [6.45, 7) is 4.27. The number of aromatic nitrogens is 1. The van der Waals surface area contributed by atoms with Crippen LogP contribution in [0.15, 0.2) is 18.2 Å². The van der Waals surface area contributed by atoms with Gasteiger partial charge in [-0.05, 0) is 25.0 Å². The number of aryl methyl sites for hydroxylation is 3. The molecule has 0 aliphatic heterocycles. The molecule has 0 saturated carbocycles. The molecule has 74 valence electrons. The van der Waals surface area contributed by atoms with E-state index in [1.165, 1.54) is 22.0 Å². The Bertz CT molecular complexity index is 483. The zero-order chi connectivity index (χ0) is 10.3. The normalized spacial score (nSPS) is 11.1. The Morgan fingerprint density at radius 1 is 1.29 bits per heavy atom. The molecule has 0 aliphatic rings. The van der Waals surface area contributed by atoms with Crippen molar-refractivity contribution in [3.63, 3.8) is 0 Å². The molecule has 0 spiro atoms. The van der Waals surface area contributed by atoms with E-state index in [0.717, 1.165) is 5.69 Å². The summed E-state index contributed by atoms with van der Waals surface area (Å²) in [6.07, 6.45) is 0. The summed E-state index contributed by atoms with van der Waals surface area (Å²) in [6, 6.07) is 6.27. The second kappa shape index (κ2) is 3.14. The largest absolute Gasteiger partial charge is 0.390 e. The van der Waals surface area contributed by atoms with Gasteiger partial charge in [0.15, 0.2) is 0 Å². The van der Waals surface area contributed by atoms with Crippen LogP contribution >= 0.6 is 0 Å². The molecular formula is C12H15NO. The van der Waals surface area contributed by atoms with Crippen molar-refractivity contribution in [3.8, 4) is 0 Å². The standard InChI is InChI=1S/C12H15NO/c1-8-5-4-6-10-9(2)11(7-14)13(3)12(8)10/h4-6,14H,7H2,1-3H3. The van der Waals surface area contributed by atoms with Crippen LogP contribution in [-0.4, -0.2) is 9.67 Å². The molecule has 0 atom stereocenters. The van der Waals surface area contributed by atoms with Gasteiger partial charge >= 0.3 is 0 Å². The molecule has 0 saturated heterocycles. The number of rotatable bonds is 1. The van der Waals surface area contributed by atoms with Gasteiger partial charge in [-0.25, -0.2) is 0 Å². The molecule has 2 aromatic rings. The van der Waals surface area contributed by atoms with Gasteiger partial charge in [0.1, 0.15) is 0 Å². The number of hydrogen-bond acceptors (Lipinski definition) is 1. The minimum atomic E-state index is 0.108. The third-order valence-electron chi connectivity index (χ3n) is 2.96. The fraction of sp³-hybridized carbons (Fsp3) is 0.333. The topological polar surface area (TPSA) is 25.2 Å². The number of fused-ring (bicyclic) bond motifs is 1. The molecule has 2 heteroatoms. The first-order valence-corrected chi connectivity index (χ1v) is 4.81. The van der Waals surface area contributed by atoms with Gasteiger partial charge in [-0.15, -0.1) is 0 Å². The summed E-state index contributed by atoms with van der Waals surface area (Å²) >= 11 is 0. The van der Waals surface area contributed by atoms with Crippen molar-refractivity contribution in [3.05, 3.63) is 35.0 Å². The lowest BCUT2D eigenvalue weighted by atomic mass is 10.1. The molecule has 2 nitrogen and oxygen atoms in total. The monoisotopic (exact) mass is 189 g/mol. The van der Waals surface area contributed by atoms with Crippen molar-refractivity contribution < 1.29 is 5.11 Å². The van der Waals surface area contributed by atoms with Crippen LogP contribution in [0.2, 0.25) is 0 Å². The minimum absolute atomic E-state index is 0.108. The van der Waals surface area contributed by atoms with E-state index in [0.29, 0.717) is 0 Å². The number of para-hydroxylation sites is 1. The van der Waals surface area contributed by atoms with Crippen molar-refractivity contribution in [2.24, 2.45) is 7.05 Å². The molecule has 0 amide bonds. The third kappa shape index (κ3) is 1.07. The summed E-state index contributed by atoms with van der Waals surface area (Å²) in [4.78, 5) is 0. The lowest BCUT2D eigenvalue weighted by Gasteiger charge is -2.02. The smallest absolute Gasteiger partial charge is 0.0835 e. The van der Waals surface area contributed by atoms with Crippen LogP contribution in [-0.2, 0) is 13.7 Å². The average Bonchev–Trinajstić information content (AvgIpc) is 2.41. The molecule has 0 unspecified atom stereocenters. The predicted molar refractivity (Wildman–Crippen MR) is 58.3 cm³/mol. The van der Waals surface area contributed by atoms with E-state index in [2.05, 4.69) is 36.6 Å². The zero-order valence-electron chi connectivity index (χ0n) is 8.83. The predicted octanol–water partition coefficient (Wildman–Crippen LogP) is 2.29. The van der Waals surface area contributed by atoms with Gasteiger partial charge in [-0.1, -0.05) is 18.2 Å². The summed E-state index contributed by atoms with van der Waals surface area (Å²) < 4.78 is 2.08. The lowest BCUT2D eigenvalue weighted by Crippen LogP contribution is -1.97. The summed E-state index contributed by atoms with van der Waals surface area (Å²) in [5.41, 5.74) is 4.69. The van der Waals surface area contributed by atoms with E-state index in [1.807, 2.05) is 7.05 Å². The van der Waals surface area contributed by atoms with Crippen molar-refractivity contribution in [1.29, 1.82) is 0 Å². The molecule has 1 heterocycles. The van der Waals surface area contributed by atoms with Gasteiger partial charge in [0.2, 0.25) is 0 Å². The molecule has 0 fully saturated rings. The van der Waals surface area contributed by atoms with Crippen molar-refractivity contribution in [2.75, 3.05) is 0 Å². The minimum Gasteiger partial charge on any atom is -0.390 e. The van der Waals surface area contributed by atoms with E-state index >= 15 is 0 Å². The Hall–Kier alpha value is -1.28. The van der Waals surface area contributed by atoms with Gasteiger partial charge < -0.3 is 9.67 Å². The fourth-order valence-electron chi connectivity index (χ4n) is 2.17. The molecule has 0 aliphatic carbocycles. The van der Waals surface area contributed by atoms with E-state index in [-0.39, 0.29) is 6.61 Å². The highest BCUT2D eigenvalue weighted by atomic mass is 16.3. The molecule has 14 heavy (non-hydrogen) atoms. The molecule has 1 aromatic heterocycles. The molecular weight excluding hydrogens is 174 g/mol. The first-order chi connectivity index (χ1) is 6.66. The molecule has 0 radical (unpaired) electrons. The van der Waals surface area contributed by atoms with Crippen LogP contribution in [0.3, 0.4) is 0 Å². The third-order valence-corrected chi connectivity index (χ3v) is 2.96. The Morgan fingerprint density at radius 2 is 2.00 bits per heavy atom. The van der Waals surface area contributed by atoms with Gasteiger partial charge in [0.05, 0.1) is 12.1 Å². The van der Waals surface area contributed by atoms with Gasteiger partial charge in [0.25, 0.3) is 0 Å². The fourth-order valence-corrected chi connectivity index (χ4v) is 2.17.